The summed E-state index contributed by atoms with van der Waals surface area (Å²) < 4.78 is 18.2. The van der Waals surface area contributed by atoms with Crippen LogP contribution in [0, 0.1) is 0 Å². The van der Waals surface area contributed by atoms with E-state index in [4.69, 9.17) is 14.2 Å². The van der Waals surface area contributed by atoms with Gasteiger partial charge in [-0.15, -0.1) is 11.3 Å². The van der Waals surface area contributed by atoms with Crippen molar-refractivity contribution in [3.8, 4) is 5.75 Å². The molecule has 1 fully saturated rings. The Bertz CT molecular complexity index is 994. The van der Waals surface area contributed by atoms with Gasteiger partial charge in [-0.2, -0.15) is 0 Å². The fourth-order valence-electron chi connectivity index (χ4n) is 4.07. The average Bonchev–Trinajstić information content (AvgIpc) is 3.24. The van der Waals surface area contributed by atoms with Crippen molar-refractivity contribution in [3.05, 3.63) is 50.1 Å². The monoisotopic (exact) mass is 446 g/mol. The Balaban J connectivity index is 1.60. The number of rotatable bonds is 5. The highest BCUT2D eigenvalue weighted by Gasteiger charge is 2.28. The summed E-state index contributed by atoms with van der Waals surface area (Å²) >= 11 is 1.39. The number of nitrogens with zero attached hydrogens (tertiary/aromatic N) is 2. The maximum absolute atomic E-state index is 12.9. The van der Waals surface area contributed by atoms with E-state index in [1.807, 2.05) is 11.4 Å². The van der Waals surface area contributed by atoms with Crippen molar-refractivity contribution < 1.29 is 23.8 Å². The van der Waals surface area contributed by atoms with E-state index >= 15 is 0 Å². The number of fused-ring (bicyclic) bond motifs is 1. The molecule has 2 aromatic rings. The van der Waals surface area contributed by atoms with Crippen LogP contribution in [0.4, 0.5) is 0 Å². The quantitative estimate of drug-likeness (QED) is 0.656. The summed E-state index contributed by atoms with van der Waals surface area (Å²) in [7, 11) is 1.31. The third-order valence-electron chi connectivity index (χ3n) is 5.70. The molecule has 8 nitrogen and oxygen atoms in total. The summed E-state index contributed by atoms with van der Waals surface area (Å²) in [6.07, 6.45) is 3.29. The number of carbonyl (C=O) groups excluding carboxylic acids is 2. The van der Waals surface area contributed by atoms with E-state index in [0.717, 1.165) is 19.3 Å². The van der Waals surface area contributed by atoms with Gasteiger partial charge in [-0.25, -0.2) is 4.79 Å². The van der Waals surface area contributed by atoms with Crippen molar-refractivity contribution in [3.63, 3.8) is 0 Å². The van der Waals surface area contributed by atoms with E-state index in [-0.39, 0.29) is 35.5 Å². The lowest BCUT2D eigenvalue weighted by molar-refractivity contribution is -0.0114. The molecule has 0 N–H and O–H groups in total. The summed E-state index contributed by atoms with van der Waals surface area (Å²) in [6.45, 7) is 2.06. The summed E-state index contributed by atoms with van der Waals surface area (Å²) in [4.78, 5) is 40.7. The van der Waals surface area contributed by atoms with Gasteiger partial charge in [0, 0.05) is 44.4 Å². The van der Waals surface area contributed by atoms with Crippen LogP contribution in [0.3, 0.4) is 0 Å². The number of thiophene rings is 1. The molecular formula is C22H26N2O6S. The molecule has 4 rings (SSSR count). The highest BCUT2D eigenvalue weighted by Crippen LogP contribution is 2.26. The Kier molecular flexibility index (Phi) is 6.72. The zero-order valence-electron chi connectivity index (χ0n) is 17.5. The molecule has 9 heteroatoms. The number of ether oxygens (including phenoxy) is 3. The van der Waals surface area contributed by atoms with Gasteiger partial charge in [0.2, 0.25) is 0 Å². The van der Waals surface area contributed by atoms with Gasteiger partial charge in [-0.05, 0) is 30.7 Å². The lowest BCUT2D eigenvalue weighted by Gasteiger charge is -2.24. The fourth-order valence-corrected chi connectivity index (χ4v) is 4.76. The first-order chi connectivity index (χ1) is 15.1. The minimum absolute atomic E-state index is 0.0558. The van der Waals surface area contributed by atoms with Crippen LogP contribution in [0.15, 0.2) is 28.4 Å². The van der Waals surface area contributed by atoms with Crippen molar-refractivity contribution in [1.82, 2.24) is 9.47 Å². The maximum Gasteiger partial charge on any atom is 0.343 e. The Hall–Kier alpha value is -2.65. The molecule has 1 amide bonds. The molecule has 2 aliphatic heterocycles. The normalized spacial score (nSPS) is 18.7. The molecule has 4 heterocycles. The predicted octanol–water partition coefficient (Wildman–Crippen LogP) is 2.34. The van der Waals surface area contributed by atoms with Gasteiger partial charge in [0.25, 0.3) is 11.5 Å². The molecule has 2 aromatic heterocycles. The molecule has 1 saturated heterocycles. The molecule has 0 unspecified atom stereocenters. The Morgan fingerprint density at radius 1 is 1.26 bits per heavy atom. The van der Waals surface area contributed by atoms with E-state index in [0.29, 0.717) is 43.2 Å². The number of aromatic nitrogens is 1. The summed E-state index contributed by atoms with van der Waals surface area (Å²) in [5, 5.41) is 1.86. The zero-order chi connectivity index (χ0) is 21.8. The predicted molar refractivity (Wildman–Crippen MR) is 115 cm³/mol. The van der Waals surface area contributed by atoms with Gasteiger partial charge in [-0.1, -0.05) is 6.07 Å². The van der Waals surface area contributed by atoms with E-state index in [2.05, 4.69) is 0 Å². The van der Waals surface area contributed by atoms with E-state index in [9.17, 15) is 14.4 Å². The van der Waals surface area contributed by atoms with E-state index in [1.165, 1.54) is 24.5 Å². The maximum atomic E-state index is 12.9. The van der Waals surface area contributed by atoms with Crippen molar-refractivity contribution in [2.75, 3.05) is 33.4 Å². The SMILES string of the molecule is COC(=O)c1c(OC[C@@H]2CCCCO2)cc(=O)n2c1CCN(C(=O)c1cccs1)CC2. The minimum Gasteiger partial charge on any atom is -0.490 e. The van der Waals surface area contributed by atoms with E-state index < -0.39 is 5.97 Å². The standard InChI is InChI=1S/C22H26N2O6S/c1-28-22(27)20-16-7-8-23(21(26)18-6-4-12-31-18)9-10-24(16)19(25)13-17(20)30-14-15-5-2-3-11-29-15/h4,6,12-13,15H,2-3,5,7-11,14H2,1H3/t15-/m0/s1. The first-order valence-electron chi connectivity index (χ1n) is 10.5. The second kappa shape index (κ2) is 9.65. The number of hydrogen-bond acceptors (Lipinski definition) is 7. The van der Waals surface area contributed by atoms with Crippen LogP contribution in [-0.4, -0.2) is 60.9 Å². The lowest BCUT2D eigenvalue weighted by atomic mass is 10.1. The second-order valence-electron chi connectivity index (χ2n) is 7.63. The first kappa shape index (κ1) is 21.6. The number of esters is 1. The Morgan fingerprint density at radius 2 is 2.13 bits per heavy atom. The van der Waals surface area contributed by atoms with Crippen LogP contribution in [0.25, 0.3) is 0 Å². The minimum atomic E-state index is -0.554. The van der Waals surface area contributed by atoms with Gasteiger partial charge in [0.15, 0.2) is 0 Å². The summed E-state index contributed by atoms with van der Waals surface area (Å²) in [6, 6.07) is 4.97. The van der Waals surface area contributed by atoms with Crippen molar-refractivity contribution in [2.45, 2.75) is 38.3 Å². The molecule has 31 heavy (non-hydrogen) atoms. The highest BCUT2D eigenvalue weighted by molar-refractivity contribution is 7.12. The fraction of sp³-hybridized carbons (Fsp3) is 0.500. The molecule has 1 atom stereocenters. The van der Waals surface area contributed by atoms with Crippen molar-refractivity contribution in [1.29, 1.82) is 0 Å². The van der Waals surface area contributed by atoms with Gasteiger partial charge in [0.1, 0.15) is 17.9 Å². The van der Waals surface area contributed by atoms with Crippen LogP contribution in [0.1, 0.15) is 45.0 Å². The zero-order valence-corrected chi connectivity index (χ0v) is 18.3. The molecule has 0 saturated carbocycles. The van der Waals surface area contributed by atoms with Crippen LogP contribution < -0.4 is 10.3 Å². The summed E-state index contributed by atoms with van der Waals surface area (Å²) in [5.41, 5.74) is 0.538. The third-order valence-corrected chi connectivity index (χ3v) is 6.56. The van der Waals surface area contributed by atoms with Crippen LogP contribution in [0.2, 0.25) is 0 Å². The number of pyridine rings is 1. The summed E-state index contributed by atoms with van der Waals surface area (Å²) in [5.74, 6) is -0.405. The van der Waals surface area contributed by atoms with Crippen LogP contribution >= 0.6 is 11.3 Å². The smallest absolute Gasteiger partial charge is 0.343 e. The largest absolute Gasteiger partial charge is 0.490 e. The average molecular weight is 447 g/mol. The van der Waals surface area contributed by atoms with Gasteiger partial charge in [0.05, 0.1) is 18.1 Å². The lowest BCUT2D eigenvalue weighted by Crippen LogP contribution is -2.33. The molecule has 166 valence electrons. The molecule has 0 aromatic carbocycles. The molecule has 0 aliphatic carbocycles. The molecule has 2 aliphatic rings. The highest BCUT2D eigenvalue weighted by atomic mass is 32.1. The van der Waals surface area contributed by atoms with Crippen molar-refractivity contribution in [2.24, 2.45) is 0 Å². The third kappa shape index (κ3) is 4.67. The second-order valence-corrected chi connectivity index (χ2v) is 8.58. The topological polar surface area (TPSA) is 87.1 Å². The molecular weight excluding hydrogens is 420 g/mol. The Labute approximate surface area is 184 Å². The van der Waals surface area contributed by atoms with Gasteiger partial charge in [-0.3, -0.25) is 9.59 Å². The number of methoxy groups -OCH3 is 1. The van der Waals surface area contributed by atoms with E-state index in [1.54, 1.807) is 15.5 Å². The molecule has 0 bridgehead atoms. The van der Waals surface area contributed by atoms with Gasteiger partial charge >= 0.3 is 5.97 Å². The Morgan fingerprint density at radius 3 is 2.84 bits per heavy atom. The number of hydrogen-bond donors (Lipinski definition) is 0. The number of carbonyl (C=O) groups is 2. The first-order valence-corrected chi connectivity index (χ1v) is 11.4. The molecule has 0 spiro atoms. The van der Waals surface area contributed by atoms with Gasteiger partial charge < -0.3 is 23.7 Å². The van der Waals surface area contributed by atoms with Crippen LogP contribution in [-0.2, 0) is 22.4 Å². The number of amides is 1. The van der Waals surface area contributed by atoms with Crippen molar-refractivity contribution >= 4 is 23.2 Å². The van der Waals surface area contributed by atoms with Crippen LogP contribution in [0.5, 0.6) is 5.75 Å². The molecule has 0 radical (unpaired) electrons.